The van der Waals surface area contributed by atoms with Crippen molar-refractivity contribution in [2.75, 3.05) is 13.1 Å². The zero-order chi connectivity index (χ0) is 16.4. The molecule has 2 aromatic rings. The van der Waals surface area contributed by atoms with Crippen LogP contribution >= 0.6 is 0 Å². The number of carbonyl (C=O) groups excluding carboxylic acids is 1. The van der Waals surface area contributed by atoms with Crippen LogP contribution in [-0.4, -0.2) is 44.8 Å². The first-order chi connectivity index (χ1) is 11.0. The van der Waals surface area contributed by atoms with Gasteiger partial charge >= 0.3 is 5.97 Å². The third-order valence-electron chi connectivity index (χ3n) is 4.05. The number of amides is 1. The standard InChI is InChI=1S/C16H16FN3O3/c17-13-3-1-2-11(8-13)15(21)19-6-4-14(5-7-19)20-10-12(9-18-20)16(22)23/h1-3,8-10,14H,4-7H2,(H,22,23). The molecule has 120 valence electrons. The minimum atomic E-state index is -1.00. The Morgan fingerprint density at radius 2 is 1.96 bits per heavy atom. The molecule has 1 amide bonds. The van der Waals surface area contributed by atoms with Gasteiger partial charge in [0.25, 0.3) is 5.91 Å². The molecule has 1 aliphatic heterocycles. The maximum atomic E-state index is 13.2. The van der Waals surface area contributed by atoms with E-state index in [1.165, 1.54) is 30.6 Å². The Kier molecular flexibility index (Phi) is 4.10. The maximum Gasteiger partial charge on any atom is 0.338 e. The van der Waals surface area contributed by atoms with E-state index >= 15 is 0 Å². The topological polar surface area (TPSA) is 75.4 Å². The van der Waals surface area contributed by atoms with Crippen molar-refractivity contribution in [3.8, 4) is 0 Å². The number of halogens is 1. The number of piperidine rings is 1. The van der Waals surface area contributed by atoms with Crippen molar-refractivity contribution >= 4 is 11.9 Å². The molecular formula is C16H16FN3O3. The highest BCUT2D eigenvalue weighted by Gasteiger charge is 2.25. The van der Waals surface area contributed by atoms with Gasteiger partial charge in [-0.05, 0) is 31.0 Å². The number of rotatable bonds is 3. The minimum Gasteiger partial charge on any atom is -0.478 e. The van der Waals surface area contributed by atoms with Gasteiger partial charge < -0.3 is 10.0 Å². The van der Waals surface area contributed by atoms with Gasteiger partial charge in [-0.15, -0.1) is 0 Å². The van der Waals surface area contributed by atoms with Gasteiger partial charge in [-0.1, -0.05) is 6.07 Å². The summed E-state index contributed by atoms with van der Waals surface area (Å²) in [6.07, 6.45) is 4.20. The summed E-state index contributed by atoms with van der Waals surface area (Å²) >= 11 is 0. The van der Waals surface area contributed by atoms with Crippen LogP contribution in [0.3, 0.4) is 0 Å². The Hall–Kier alpha value is -2.70. The molecule has 1 N–H and O–H groups in total. The lowest BCUT2D eigenvalue weighted by Gasteiger charge is -2.32. The first kappa shape index (κ1) is 15.2. The van der Waals surface area contributed by atoms with Gasteiger partial charge in [0, 0.05) is 24.8 Å². The normalized spacial score (nSPS) is 15.6. The van der Waals surface area contributed by atoms with Crippen molar-refractivity contribution < 1.29 is 19.1 Å². The molecule has 0 bridgehead atoms. The lowest BCUT2D eigenvalue weighted by Crippen LogP contribution is -2.39. The van der Waals surface area contributed by atoms with E-state index in [1.54, 1.807) is 15.6 Å². The number of aromatic carboxylic acids is 1. The van der Waals surface area contributed by atoms with Crippen LogP contribution < -0.4 is 0 Å². The summed E-state index contributed by atoms with van der Waals surface area (Å²) in [7, 11) is 0. The predicted molar refractivity (Wildman–Crippen MR) is 79.8 cm³/mol. The third-order valence-corrected chi connectivity index (χ3v) is 4.05. The fourth-order valence-corrected chi connectivity index (χ4v) is 2.79. The van der Waals surface area contributed by atoms with Gasteiger partial charge in [0.2, 0.25) is 0 Å². The fourth-order valence-electron chi connectivity index (χ4n) is 2.79. The molecule has 0 atom stereocenters. The quantitative estimate of drug-likeness (QED) is 0.941. The smallest absolute Gasteiger partial charge is 0.338 e. The Balaban J connectivity index is 1.63. The monoisotopic (exact) mass is 317 g/mol. The second-order valence-corrected chi connectivity index (χ2v) is 5.55. The fraction of sp³-hybridized carbons (Fsp3) is 0.312. The van der Waals surface area contributed by atoms with Crippen molar-refractivity contribution in [2.24, 2.45) is 0 Å². The number of aromatic nitrogens is 2. The summed E-state index contributed by atoms with van der Waals surface area (Å²) in [4.78, 5) is 24.9. The number of hydrogen-bond donors (Lipinski definition) is 1. The Morgan fingerprint density at radius 3 is 2.57 bits per heavy atom. The van der Waals surface area contributed by atoms with Crippen molar-refractivity contribution in [2.45, 2.75) is 18.9 Å². The van der Waals surface area contributed by atoms with Crippen molar-refractivity contribution in [1.82, 2.24) is 14.7 Å². The van der Waals surface area contributed by atoms with E-state index in [1.807, 2.05) is 0 Å². The molecule has 1 saturated heterocycles. The number of carboxylic acids is 1. The number of likely N-dealkylation sites (tertiary alicyclic amines) is 1. The summed E-state index contributed by atoms with van der Waals surface area (Å²) in [5.41, 5.74) is 0.499. The van der Waals surface area contributed by atoms with Crippen LogP contribution in [0.15, 0.2) is 36.7 Å². The molecule has 0 radical (unpaired) electrons. The average molecular weight is 317 g/mol. The zero-order valence-corrected chi connectivity index (χ0v) is 12.4. The van der Waals surface area contributed by atoms with Crippen LogP contribution in [0, 0.1) is 5.82 Å². The molecule has 2 heterocycles. The summed E-state index contributed by atoms with van der Waals surface area (Å²) in [6.45, 7) is 1.06. The second kappa shape index (κ2) is 6.20. The van der Waals surface area contributed by atoms with Crippen LogP contribution in [0.2, 0.25) is 0 Å². The molecular weight excluding hydrogens is 301 g/mol. The van der Waals surface area contributed by atoms with E-state index in [2.05, 4.69) is 5.10 Å². The molecule has 1 fully saturated rings. The molecule has 0 saturated carbocycles. The van der Waals surface area contributed by atoms with Crippen molar-refractivity contribution in [3.63, 3.8) is 0 Å². The Morgan fingerprint density at radius 1 is 1.22 bits per heavy atom. The van der Waals surface area contributed by atoms with Crippen molar-refractivity contribution in [3.05, 3.63) is 53.6 Å². The summed E-state index contributed by atoms with van der Waals surface area (Å²) in [6, 6.07) is 5.73. The molecule has 6 nitrogen and oxygen atoms in total. The van der Waals surface area contributed by atoms with E-state index in [9.17, 15) is 14.0 Å². The Labute approximate surface area is 132 Å². The van der Waals surface area contributed by atoms with Crippen LogP contribution in [0.5, 0.6) is 0 Å². The summed E-state index contributed by atoms with van der Waals surface area (Å²) < 4.78 is 14.9. The number of benzene rings is 1. The molecule has 1 aliphatic rings. The van der Waals surface area contributed by atoms with E-state index in [-0.39, 0.29) is 17.5 Å². The van der Waals surface area contributed by atoms with E-state index in [0.29, 0.717) is 31.5 Å². The molecule has 7 heteroatoms. The number of nitrogens with zero attached hydrogens (tertiary/aromatic N) is 3. The Bertz CT molecular complexity index is 736. The lowest BCUT2D eigenvalue weighted by atomic mass is 10.0. The number of carboxylic acid groups (broad SMARTS) is 1. The van der Waals surface area contributed by atoms with Gasteiger partial charge in [0.1, 0.15) is 5.82 Å². The highest BCUT2D eigenvalue weighted by Crippen LogP contribution is 2.23. The average Bonchev–Trinajstić information content (AvgIpc) is 3.04. The zero-order valence-electron chi connectivity index (χ0n) is 12.4. The van der Waals surface area contributed by atoms with Gasteiger partial charge in [0.05, 0.1) is 17.8 Å². The molecule has 3 rings (SSSR count). The molecule has 0 aliphatic carbocycles. The van der Waals surface area contributed by atoms with E-state index in [0.717, 1.165) is 0 Å². The van der Waals surface area contributed by atoms with Crippen LogP contribution in [0.4, 0.5) is 4.39 Å². The first-order valence-corrected chi connectivity index (χ1v) is 7.37. The molecule has 1 aromatic heterocycles. The lowest BCUT2D eigenvalue weighted by molar-refractivity contribution is 0.0688. The summed E-state index contributed by atoms with van der Waals surface area (Å²) in [5, 5.41) is 13.0. The maximum absolute atomic E-state index is 13.2. The second-order valence-electron chi connectivity index (χ2n) is 5.55. The number of hydrogen-bond acceptors (Lipinski definition) is 3. The van der Waals surface area contributed by atoms with Gasteiger partial charge in [-0.3, -0.25) is 9.48 Å². The van der Waals surface area contributed by atoms with Crippen LogP contribution in [-0.2, 0) is 0 Å². The largest absolute Gasteiger partial charge is 0.478 e. The van der Waals surface area contributed by atoms with Gasteiger partial charge in [-0.25, -0.2) is 9.18 Å². The van der Waals surface area contributed by atoms with Gasteiger partial charge in [0.15, 0.2) is 0 Å². The molecule has 0 unspecified atom stereocenters. The van der Waals surface area contributed by atoms with Gasteiger partial charge in [-0.2, -0.15) is 5.10 Å². The third kappa shape index (κ3) is 3.23. The highest BCUT2D eigenvalue weighted by atomic mass is 19.1. The van der Waals surface area contributed by atoms with Crippen LogP contribution in [0.1, 0.15) is 39.6 Å². The summed E-state index contributed by atoms with van der Waals surface area (Å²) in [5.74, 6) is -1.62. The van der Waals surface area contributed by atoms with Crippen molar-refractivity contribution in [1.29, 1.82) is 0 Å². The first-order valence-electron chi connectivity index (χ1n) is 7.37. The molecule has 23 heavy (non-hydrogen) atoms. The van der Waals surface area contributed by atoms with E-state index < -0.39 is 11.8 Å². The SMILES string of the molecule is O=C(O)c1cnn(C2CCN(C(=O)c3cccc(F)c3)CC2)c1. The molecule has 0 spiro atoms. The van der Waals surface area contributed by atoms with E-state index in [4.69, 9.17) is 5.11 Å². The van der Waals surface area contributed by atoms with Crippen LogP contribution in [0.25, 0.3) is 0 Å². The number of carbonyl (C=O) groups is 2. The minimum absolute atomic E-state index is 0.0691. The predicted octanol–water partition coefficient (Wildman–Crippen LogP) is 2.20. The molecule has 1 aromatic carbocycles. The highest BCUT2D eigenvalue weighted by molar-refractivity contribution is 5.94.